The van der Waals surface area contributed by atoms with Gasteiger partial charge in [-0.05, 0) is 19.8 Å². The van der Waals surface area contributed by atoms with Gasteiger partial charge in [-0.3, -0.25) is 0 Å². The molecule has 2 rings (SSSR count). The van der Waals surface area contributed by atoms with E-state index in [1.807, 2.05) is 6.92 Å². The third-order valence-corrected chi connectivity index (χ3v) is 3.79. The second-order valence-electron chi connectivity index (χ2n) is 5.30. The van der Waals surface area contributed by atoms with Gasteiger partial charge >= 0.3 is 6.18 Å². The highest BCUT2D eigenvalue weighted by molar-refractivity contribution is 5.02. The van der Waals surface area contributed by atoms with Crippen LogP contribution in [-0.2, 0) is 4.74 Å². The largest absolute Gasteiger partial charge is 0.392 e. The highest BCUT2D eigenvalue weighted by Crippen LogP contribution is 2.45. The van der Waals surface area contributed by atoms with Crippen LogP contribution in [0.5, 0.6) is 0 Å². The van der Waals surface area contributed by atoms with E-state index in [0.717, 1.165) is 6.42 Å². The quantitative estimate of drug-likeness (QED) is 0.905. The van der Waals surface area contributed by atoms with E-state index < -0.39 is 24.1 Å². The number of nitrogens with two attached hydrogens (primary N) is 1. The summed E-state index contributed by atoms with van der Waals surface area (Å²) in [4.78, 5) is 4.07. The molecule has 0 aliphatic heterocycles. The maximum Gasteiger partial charge on any atom is 0.392 e. The minimum Gasteiger partial charge on any atom is -0.380 e. The molecule has 8 heteroatoms. The minimum atomic E-state index is -4.24. The summed E-state index contributed by atoms with van der Waals surface area (Å²) in [6, 6.07) is -0.588. The lowest BCUT2D eigenvalue weighted by Crippen LogP contribution is -2.31. The molecule has 21 heavy (non-hydrogen) atoms. The molecule has 0 aromatic carbocycles. The number of rotatable bonds is 5. The lowest BCUT2D eigenvalue weighted by molar-refractivity contribution is -0.189. The Balaban J connectivity index is 2.11. The van der Waals surface area contributed by atoms with Crippen molar-refractivity contribution in [2.75, 3.05) is 13.2 Å². The molecular weight excluding hydrogens is 287 g/mol. The first-order chi connectivity index (χ1) is 9.93. The highest BCUT2D eigenvalue weighted by atomic mass is 19.4. The fourth-order valence-corrected chi connectivity index (χ4v) is 2.69. The SMILES string of the molecule is CCOCC(N)c1noc(C2CCCCC2C(F)(F)F)n1. The normalized spacial score (nSPS) is 25.0. The van der Waals surface area contributed by atoms with E-state index in [9.17, 15) is 13.2 Å². The fourth-order valence-electron chi connectivity index (χ4n) is 2.69. The van der Waals surface area contributed by atoms with E-state index in [2.05, 4.69) is 10.1 Å². The zero-order valence-corrected chi connectivity index (χ0v) is 11.9. The molecule has 120 valence electrons. The summed E-state index contributed by atoms with van der Waals surface area (Å²) in [6.07, 6.45) is -2.41. The predicted molar refractivity (Wildman–Crippen MR) is 68.5 cm³/mol. The van der Waals surface area contributed by atoms with E-state index in [1.165, 1.54) is 0 Å². The summed E-state index contributed by atoms with van der Waals surface area (Å²) in [5, 5.41) is 3.70. The fraction of sp³-hybridized carbons (Fsp3) is 0.846. The molecule has 1 saturated carbocycles. The van der Waals surface area contributed by atoms with Gasteiger partial charge in [-0.15, -0.1) is 0 Å². The van der Waals surface area contributed by atoms with Crippen LogP contribution >= 0.6 is 0 Å². The molecule has 0 bridgehead atoms. The van der Waals surface area contributed by atoms with Crippen LogP contribution in [0.3, 0.4) is 0 Å². The Morgan fingerprint density at radius 3 is 2.76 bits per heavy atom. The van der Waals surface area contributed by atoms with Crippen molar-refractivity contribution in [1.82, 2.24) is 10.1 Å². The molecule has 0 radical (unpaired) electrons. The number of nitrogens with zero attached hydrogens (tertiary/aromatic N) is 2. The maximum absolute atomic E-state index is 13.1. The monoisotopic (exact) mass is 307 g/mol. The lowest BCUT2D eigenvalue weighted by Gasteiger charge is -2.30. The van der Waals surface area contributed by atoms with Crippen LogP contribution in [0.15, 0.2) is 4.52 Å². The molecule has 3 atom stereocenters. The number of hydrogen-bond acceptors (Lipinski definition) is 5. The molecule has 0 saturated heterocycles. The Morgan fingerprint density at radius 1 is 1.38 bits per heavy atom. The number of halogens is 3. The third kappa shape index (κ3) is 3.94. The third-order valence-electron chi connectivity index (χ3n) is 3.79. The van der Waals surface area contributed by atoms with Gasteiger partial charge in [0.2, 0.25) is 5.89 Å². The first kappa shape index (κ1) is 16.2. The molecule has 1 heterocycles. The summed E-state index contributed by atoms with van der Waals surface area (Å²) >= 11 is 0. The van der Waals surface area contributed by atoms with Crippen LogP contribution in [0.2, 0.25) is 0 Å². The summed E-state index contributed by atoms with van der Waals surface area (Å²) in [7, 11) is 0. The van der Waals surface area contributed by atoms with Gasteiger partial charge < -0.3 is 15.0 Å². The topological polar surface area (TPSA) is 74.2 Å². The number of alkyl halides is 3. The van der Waals surface area contributed by atoms with Crippen LogP contribution in [0, 0.1) is 5.92 Å². The molecule has 1 fully saturated rings. The number of hydrogen-bond donors (Lipinski definition) is 1. The van der Waals surface area contributed by atoms with Crippen LogP contribution in [0.25, 0.3) is 0 Å². The number of ether oxygens (including phenoxy) is 1. The van der Waals surface area contributed by atoms with E-state index in [0.29, 0.717) is 19.4 Å². The summed E-state index contributed by atoms with van der Waals surface area (Å²) in [5.74, 6) is -1.94. The average molecular weight is 307 g/mol. The van der Waals surface area contributed by atoms with Crippen molar-refractivity contribution in [1.29, 1.82) is 0 Å². The van der Waals surface area contributed by atoms with Crippen LogP contribution in [0.1, 0.15) is 56.3 Å². The van der Waals surface area contributed by atoms with E-state index in [-0.39, 0.29) is 24.7 Å². The van der Waals surface area contributed by atoms with Crippen molar-refractivity contribution in [3.63, 3.8) is 0 Å². The molecule has 0 amide bonds. The van der Waals surface area contributed by atoms with Crippen LogP contribution in [-0.4, -0.2) is 29.5 Å². The molecule has 1 aromatic rings. The molecular formula is C13H20F3N3O2. The van der Waals surface area contributed by atoms with Gasteiger partial charge in [0.05, 0.1) is 18.6 Å². The molecule has 3 unspecified atom stereocenters. The second kappa shape index (κ2) is 6.74. The average Bonchev–Trinajstić information content (AvgIpc) is 2.93. The highest BCUT2D eigenvalue weighted by Gasteiger charge is 2.48. The zero-order chi connectivity index (χ0) is 15.5. The second-order valence-corrected chi connectivity index (χ2v) is 5.30. The Morgan fingerprint density at radius 2 is 2.10 bits per heavy atom. The van der Waals surface area contributed by atoms with Crippen LogP contribution < -0.4 is 5.73 Å². The molecule has 1 aliphatic rings. The van der Waals surface area contributed by atoms with Crippen LogP contribution in [0.4, 0.5) is 13.2 Å². The van der Waals surface area contributed by atoms with Crippen molar-refractivity contribution in [2.45, 2.75) is 50.7 Å². The molecule has 1 aliphatic carbocycles. The van der Waals surface area contributed by atoms with Gasteiger partial charge in [0.15, 0.2) is 5.82 Å². The smallest absolute Gasteiger partial charge is 0.380 e. The van der Waals surface area contributed by atoms with Gasteiger partial charge in [0.1, 0.15) is 0 Å². The van der Waals surface area contributed by atoms with Crippen molar-refractivity contribution >= 4 is 0 Å². The predicted octanol–water partition coefficient (Wildman–Crippen LogP) is 2.94. The summed E-state index contributed by atoms with van der Waals surface area (Å²) in [5.41, 5.74) is 5.81. The van der Waals surface area contributed by atoms with Crippen molar-refractivity contribution in [3.05, 3.63) is 11.7 Å². The molecule has 1 aromatic heterocycles. The number of aromatic nitrogens is 2. The van der Waals surface area contributed by atoms with Gasteiger partial charge in [0, 0.05) is 12.5 Å². The molecule has 0 spiro atoms. The van der Waals surface area contributed by atoms with Gasteiger partial charge in [-0.2, -0.15) is 18.2 Å². The summed E-state index contributed by atoms with van der Waals surface area (Å²) in [6.45, 7) is 2.53. The summed E-state index contributed by atoms with van der Waals surface area (Å²) < 4.78 is 49.4. The van der Waals surface area contributed by atoms with Crippen molar-refractivity contribution in [3.8, 4) is 0 Å². The Labute approximate surface area is 121 Å². The van der Waals surface area contributed by atoms with E-state index in [1.54, 1.807) is 0 Å². The molecule has 5 nitrogen and oxygen atoms in total. The zero-order valence-electron chi connectivity index (χ0n) is 11.9. The maximum atomic E-state index is 13.1. The first-order valence-corrected chi connectivity index (χ1v) is 7.17. The minimum absolute atomic E-state index is 0.0407. The lowest BCUT2D eigenvalue weighted by atomic mass is 9.78. The van der Waals surface area contributed by atoms with E-state index in [4.69, 9.17) is 15.0 Å². The van der Waals surface area contributed by atoms with Crippen molar-refractivity contribution < 1.29 is 22.4 Å². The van der Waals surface area contributed by atoms with Gasteiger partial charge in [-0.25, -0.2) is 0 Å². The Hall–Kier alpha value is -1.15. The van der Waals surface area contributed by atoms with Gasteiger partial charge in [0.25, 0.3) is 0 Å². The first-order valence-electron chi connectivity index (χ1n) is 7.17. The van der Waals surface area contributed by atoms with E-state index >= 15 is 0 Å². The standard InChI is InChI=1S/C13H20F3N3O2/c1-2-20-7-10(17)11-18-12(21-19-11)8-5-3-4-6-9(8)13(14,15)16/h8-10H,2-7,17H2,1H3. The Bertz CT molecular complexity index is 450. The van der Waals surface area contributed by atoms with Crippen molar-refractivity contribution in [2.24, 2.45) is 11.7 Å². The Kier molecular flexibility index (Phi) is 5.21. The molecule has 2 N–H and O–H groups in total. The van der Waals surface area contributed by atoms with Gasteiger partial charge in [-0.1, -0.05) is 18.0 Å².